The first-order chi connectivity index (χ1) is 7.70. The topological polar surface area (TPSA) is 12.0 Å². The van der Waals surface area contributed by atoms with E-state index < -0.39 is 0 Å². The van der Waals surface area contributed by atoms with Gasteiger partial charge in [-0.2, -0.15) is 0 Å². The van der Waals surface area contributed by atoms with Gasteiger partial charge in [-0.1, -0.05) is 38.1 Å². The Morgan fingerprint density at radius 1 is 1.38 bits per heavy atom. The smallest absolute Gasteiger partial charge is 0.0106 e. The summed E-state index contributed by atoms with van der Waals surface area (Å²) in [6.45, 7) is 9.03. The van der Waals surface area contributed by atoms with Gasteiger partial charge in [0.05, 0.1) is 0 Å². The van der Waals surface area contributed by atoms with Crippen LogP contribution in [0.15, 0.2) is 24.3 Å². The Kier molecular flexibility index (Phi) is 3.34. The van der Waals surface area contributed by atoms with Crippen molar-refractivity contribution in [3.05, 3.63) is 35.4 Å². The lowest BCUT2D eigenvalue weighted by Gasteiger charge is -2.49. The van der Waals surface area contributed by atoms with Crippen LogP contribution in [0.1, 0.15) is 37.8 Å². The van der Waals surface area contributed by atoms with E-state index in [4.69, 9.17) is 0 Å². The third-order valence-corrected chi connectivity index (χ3v) is 4.34. The highest BCUT2D eigenvalue weighted by Crippen LogP contribution is 2.49. The van der Waals surface area contributed by atoms with Crippen LogP contribution in [0, 0.1) is 12.8 Å². The van der Waals surface area contributed by atoms with Crippen molar-refractivity contribution in [3.8, 4) is 0 Å². The van der Waals surface area contributed by atoms with E-state index in [1.54, 1.807) is 5.56 Å². The Bertz CT molecular complexity index is 358. The minimum absolute atomic E-state index is 0.404. The van der Waals surface area contributed by atoms with Gasteiger partial charge in [-0.3, -0.25) is 0 Å². The van der Waals surface area contributed by atoms with E-state index in [1.165, 1.54) is 18.4 Å². The van der Waals surface area contributed by atoms with E-state index in [-0.39, 0.29) is 0 Å². The molecule has 2 atom stereocenters. The summed E-state index contributed by atoms with van der Waals surface area (Å²) in [5, 5.41) is 3.55. The third-order valence-electron chi connectivity index (χ3n) is 4.34. The molecule has 0 heterocycles. The first kappa shape index (κ1) is 11.7. The number of aryl methyl sites for hydroxylation is 1. The average Bonchev–Trinajstić information content (AvgIpc) is 2.30. The fourth-order valence-corrected chi connectivity index (χ4v) is 3.02. The van der Waals surface area contributed by atoms with Crippen LogP contribution in [0.25, 0.3) is 0 Å². The van der Waals surface area contributed by atoms with E-state index in [0.29, 0.717) is 5.41 Å². The summed E-state index contributed by atoms with van der Waals surface area (Å²) in [7, 11) is 0. The van der Waals surface area contributed by atoms with Crippen molar-refractivity contribution < 1.29 is 0 Å². The summed E-state index contributed by atoms with van der Waals surface area (Å²) in [5.41, 5.74) is 3.42. The highest BCUT2D eigenvalue weighted by Gasteiger charge is 2.45. The largest absolute Gasteiger partial charge is 0.316 e. The number of rotatable bonds is 4. The summed E-state index contributed by atoms with van der Waals surface area (Å²) < 4.78 is 0. The number of benzene rings is 1. The molecule has 1 aromatic rings. The Balaban J connectivity index is 2.29. The van der Waals surface area contributed by atoms with Gasteiger partial charge in [0, 0.05) is 12.0 Å². The van der Waals surface area contributed by atoms with Crippen molar-refractivity contribution in [1.29, 1.82) is 0 Å². The molecule has 1 heteroatoms. The molecule has 1 aromatic carbocycles. The van der Waals surface area contributed by atoms with Crippen LogP contribution < -0.4 is 5.32 Å². The van der Waals surface area contributed by atoms with Crippen molar-refractivity contribution in [2.24, 2.45) is 5.92 Å². The van der Waals surface area contributed by atoms with Crippen LogP contribution in [0.5, 0.6) is 0 Å². The van der Waals surface area contributed by atoms with Gasteiger partial charge < -0.3 is 5.32 Å². The lowest BCUT2D eigenvalue weighted by Crippen LogP contribution is -2.50. The molecule has 16 heavy (non-hydrogen) atoms. The molecule has 1 aliphatic carbocycles. The van der Waals surface area contributed by atoms with Gasteiger partial charge in [0.25, 0.3) is 0 Å². The quantitative estimate of drug-likeness (QED) is 0.816. The van der Waals surface area contributed by atoms with Crippen molar-refractivity contribution >= 4 is 0 Å². The maximum absolute atomic E-state index is 3.55. The van der Waals surface area contributed by atoms with Gasteiger partial charge in [0.15, 0.2) is 0 Å². The van der Waals surface area contributed by atoms with Crippen LogP contribution in [-0.4, -0.2) is 13.1 Å². The monoisotopic (exact) mass is 217 g/mol. The van der Waals surface area contributed by atoms with E-state index in [9.17, 15) is 0 Å². The Morgan fingerprint density at radius 3 is 2.62 bits per heavy atom. The summed E-state index contributed by atoms with van der Waals surface area (Å²) in [6, 6.07) is 8.89. The molecule has 1 N–H and O–H groups in total. The first-order valence-electron chi connectivity index (χ1n) is 6.47. The second-order valence-electron chi connectivity index (χ2n) is 5.19. The molecule has 1 aliphatic rings. The lowest BCUT2D eigenvalue weighted by atomic mass is 9.56. The standard InChI is InChI=1S/C15H23N/c1-4-16-11-15(10-9-13(15)3)14-8-6-5-7-12(14)2/h5-8,13,16H,4,9-11H2,1-3H3. The van der Waals surface area contributed by atoms with Gasteiger partial charge >= 0.3 is 0 Å². The molecule has 2 unspecified atom stereocenters. The number of nitrogens with one attached hydrogen (secondary N) is 1. The summed E-state index contributed by atoms with van der Waals surface area (Å²) >= 11 is 0. The van der Waals surface area contributed by atoms with Crippen molar-refractivity contribution in [3.63, 3.8) is 0 Å². The van der Waals surface area contributed by atoms with Gasteiger partial charge in [-0.15, -0.1) is 0 Å². The van der Waals surface area contributed by atoms with Crippen LogP contribution >= 0.6 is 0 Å². The van der Waals surface area contributed by atoms with Gasteiger partial charge in [-0.25, -0.2) is 0 Å². The summed E-state index contributed by atoms with van der Waals surface area (Å²) in [4.78, 5) is 0. The highest BCUT2D eigenvalue weighted by molar-refractivity contribution is 5.36. The summed E-state index contributed by atoms with van der Waals surface area (Å²) in [5.74, 6) is 0.813. The molecule has 1 saturated carbocycles. The Morgan fingerprint density at radius 2 is 2.12 bits per heavy atom. The molecule has 2 rings (SSSR count). The molecule has 0 spiro atoms. The van der Waals surface area contributed by atoms with E-state index in [1.807, 2.05) is 0 Å². The lowest BCUT2D eigenvalue weighted by molar-refractivity contribution is 0.134. The summed E-state index contributed by atoms with van der Waals surface area (Å²) in [6.07, 6.45) is 2.71. The number of hydrogen-bond acceptors (Lipinski definition) is 1. The van der Waals surface area contributed by atoms with Crippen molar-refractivity contribution in [2.45, 2.75) is 39.0 Å². The first-order valence-corrected chi connectivity index (χ1v) is 6.47. The van der Waals surface area contributed by atoms with E-state index in [0.717, 1.165) is 19.0 Å². The fourth-order valence-electron chi connectivity index (χ4n) is 3.02. The molecule has 0 aromatic heterocycles. The zero-order chi connectivity index (χ0) is 11.6. The van der Waals surface area contributed by atoms with Crippen LogP contribution in [0.3, 0.4) is 0 Å². The third kappa shape index (κ3) is 1.78. The zero-order valence-electron chi connectivity index (χ0n) is 10.7. The number of hydrogen-bond donors (Lipinski definition) is 1. The maximum Gasteiger partial charge on any atom is 0.0106 e. The fraction of sp³-hybridized carbons (Fsp3) is 0.600. The van der Waals surface area contributed by atoms with Crippen LogP contribution in [0.4, 0.5) is 0 Å². The molecule has 0 bridgehead atoms. The highest BCUT2D eigenvalue weighted by atomic mass is 14.9. The average molecular weight is 217 g/mol. The molecule has 0 amide bonds. The normalized spacial score (nSPS) is 28.8. The van der Waals surface area contributed by atoms with Gasteiger partial charge in [-0.05, 0) is 43.4 Å². The minimum atomic E-state index is 0.404. The molecular formula is C15H23N. The van der Waals surface area contributed by atoms with Gasteiger partial charge in [0.2, 0.25) is 0 Å². The van der Waals surface area contributed by atoms with Gasteiger partial charge in [0.1, 0.15) is 0 Å². The predicted molar refractivity (Wildman–Crippen MR) is 69.8 cm³/mol. The predicted octanol–water partition coefficient (Wildman–Crippen LogP) is 3.27. The Labute approximate surface area is 99.3 Å². The van der Waals surface area contributed by atoms with Crippen molar-refractivity contribution in [2.75, 3.05) is 13.1 Å². The number of likely N-dealkylation sites (N-methyl/N-ethyl adjacent to an activating group) is 1. The zero-order valence-corrected chi connectivity index (χ0v) is 10.7. The molecular weight excluding hydrogens is 194 g/mol. The SMILES string of the molecule is CCNCC1(c2ccccc2C)CCC1C. The minimum Gasteiger partial charge on any atom is -0.316 e. The van der Waals surface area contributed by atoms with Crippen LogP contribution in [-0.2, 0) is 5.41 Å². The Hall–Kier alpha value is -0.820. The van der Waals surface area contributed by atoms with E-state index >= 15 is 0 Å². The second kappa shape index (κ2) is 4.58. The molecule has 0 aliphatic heterocycles. The van der Waals surface area contributed by atoms with Crippen molar-refractivity contribution in [1.82, 2.24) is 5.32 Å². The molecule has 88 valence electrons. The molecule has 0 saturated heterocycles. The van der Waals surface area contributed by atoms with Crippen LogP contribution in [0.2, 0.25) is 0 Å². The second-order valence-corrected chi connectivity index (χ2v) is 5.19. The molecule has 1 fully saturated rings. The van der Waals surface area contributed by atoms with E-state index in [2.05, 4.69) is 50.4 Å². The maximum atomic E-state index is 3.55. The molecule has 0 radical (unpaired) electrons. The molecule has 1 nitrogen and oxygen atoms in total.